The third-order valence-corrected chi connectivity index (χ3v) is 4.12. The highest BCUT2D eigenvalue weighted by Crippen LogP contribution is 2.30. The van der Waals surface area contributed by atoms with Crippen LogP contribution in [0.4, 0.5) is 0 Å². The van der Waals surface area contributed by atoms with Gasteiger partial charge in [-0.2, -0.15) is 0 Å². The molecule has 1 saturated heterocycles. The fourth-order valence-electron chi connectivity index (χ4n) is 2.05. The van der Waals surface area contributed by atoms with Crippen molar-refractivity contribution in [3.05, 3.63) is 16.1 Å². The van der Waals surface area contributed by atoms with Crippen molar-refractivity contribution in [2.24, 2.45) is 5.92 Å². The van der Waals surface area contributed by atoms with Crippen molar-refractivity contribution in [3.63, 3.8) is 0 Å². The molecular formula is C13H20N2O3S. The maximum absolute atomic E-state index is 11.6. The zero-order chi connectivity index (χ0) is 13.8. The van der Waals surface area contributed by atoms with Crippen molar-refractivity contribution in [1.29, 1.82) is 0 Å². The fourth-order valence-corrected chi connectivity index (χ4v) is 2.90. The first-order valence-electron chi connectivity index (χ1n) is 6.59. The SMILES string of the molecule is CCOC(=O)c1csc([C@H]2C[C@H](C(C)C)NCO2)n1. The summed E-state index contributed by atoms with van der Waals surface area (Å²) in [6.07, 6.45) is 0.856. The first-order valence-corrected chi connectivity index (χ1v) is 7.47. The van der Waals surface area contributed by atoms with E-state index in [-0.39, 0.29) is 12.1 Å². The summed E-state index contributed by atoms with van der Waals surface area (Å²) in [7, 11) is 0. The Bertz CT molecular complexity index is 433. The van der Waals surface area contributed by atoms with Crippen molar-refractivity contribution in [3.8, 4) is 0 Å². The summed E-state index contributed by atoms with van der Waals surface area (Å²) in [5.74, 6) is 0.190. The van der Waals surface area contributed by atoms with Gasteiger partial charge >= 0.3 is 5.97 Å². The molecule has 0 unspecified atom stereocenters. The molecular weight excluding hydrogens is 264 g/mol. The molecule has 0 saturated carbocycles. The molecule has 6 heteroatoms. The lowest BCUT2D eigenvalue weighted by atomic mass is 9.97. The van der Waals surface area contributed by atoms with Crippen LogP contribution >= 0.6 is 11.3 Å². The van der Waals surface area contributed by atoms with Crippen LogP contribution in [-0.2, 0) is 9.47 Å². The summed E-state index contributed by atoms with van der Waals surface area (Å²) in [6.45, 7) is 7.05. The summed E-state index contributed by atoms with van der Waals surface area (Å²) in [4.78, 5) is 15.9. The Morgan fingerprint density at radius 3 is 3.16 bits per heavy atom. The third kappa shape index (κ3) is 3.52. The highest BCUT2D eigenvalue weighted by atomic mass is 32.1. The summed E-state index contributed by atoms with van der Waals surface area (Å²) >= 11 is 1.46. The van der Waals surface area contributed by atoms with Gasteiger partial charge in [0, 0.05) is 11.4 Å². The number of carbonyl (C=O) groups is 1. The smallest absolute Gasteiger partial charge is 0.357 e. The minimum atomic E-state index is -0.362. The van der Waals surface area contributed by atoms with Crippen LogP contribution in [0.5, 0.6) is 0 Å². The molecule has 1 N–H and O–H groups in total. The Hall–Kier alpha value is -0.980. The van der Waals surface area contributed by atoms with E-state index >= 15 is 0 Å². The van der Waals surface area contributed by atoms with E-state index in [1.165, 1.54) is 11.3 Å². The molecule has 0 spiro atoms. The predicted molar refractivity (Wildman–Crippen MR) is 73.1 cm³/mol. The average molecular weight is 284 g/mol. The van der Waals surface area contributed by atoms with Gasteiger partial charge in [0.15, 0.2) is 5.69 Å². The average Bonchev–Trinajstić information content (AvgIpc) is 2.89. The van der Waals surface area contributed by atoms with Gasteiger partial charge in [0.1, 0.15) is 11.1 Å². The number of rotatable bonds is 4. The molecule has 1 aromatic rings. The number of hydrogen-bond donors (Lipinski definition) is 1. The van der Waals surface area contributed by atoms with E-state index in [2.05, 4.69) is 24.1 Å². The fraction of sp³-hybridized carbons (Fsp3) is 0.692. The van der Waals surface area contributed by atoms with Gasteiger partial charge in [-0.15, -0.1) is 11.3 Å². The molecule has 2 heterocycles. The van der Waals surface area contributed by atoms with Crippen LogP contribution in [0, 0.1) is 5.92 Å². The number of esters is 1. The zero-order valence-corrected chi connectivity index (χ0v) is 12.3. The highest BCUT2D eigenvalue weighted by molar-refractivity contribution is 7.09. The lowest BCUT2D eigenvalue weighted by molar-refractivity contribution is -0.0215. The van der Waals surface area contributed by atoms with E-state index < -0.39 is 0 Å². The molecule has 1 aromatic heterocycles. The van der Waals surface area contributed by atoms with E-state index in [1.54, 1.807) is 12.3 Å². The first-order chi connectivity index (χ1) is 9.11. The predicted octanol–water partition coefficient (Wildman–Crippen LogP) is 2.35. The Kier molecular flexibility index (Phi) is 4.90. The zero-order valence-electron chi connectivity index (χ0n) is 11.5. The number of hydrogen-bond acceptors (Lipinski definition) is 6. The standard InChI is InChI=1S/C13H20N2O3S/c1-4-17-13(16)10-6-19-12(15-10)11-5-9(8(2)3)14-7-18-11/h6,8-9,11,14H,4-5,7H2,1-3H3/t9-,11-/m1/s1. The van der Waals surface area contributed by atoms with Crippen LogP contribution < -0.4 is 5.32 Å². The van der Waals surface area contributed by atoms with Crippen LogP contribution in [0.2, 0.25) is 0 Å². The Morgan fingerprint density at radius 1 is 1.68 bits per heavy atom. The normalized spacial score (nSPS) is 23.6. The number of aromatic nitrogens is 1. The molecule has 19 heavy (non-hydrogen) atoms. The van der Waals surface area contributed by atoms with Crippen LogP contribution in [0.25, 0.3) is 0 Å². The molecule has 5 nitrogen and oxygen atoms in total. The van der Waals surface area contributed by atoms with E-state index in [0.29, 0.717) is 31.0 Å². The summed E-state index contributed by atoms with van der Waals surface area (Å²) in [5.41, 5.74) is 0.380. The minimum absolute atomic E-state index is 0.0261. The first kappa shape index (κ1) is 14.4. The molecule has 106 valence electrons. The van der Waals surface area contributed by atoms with E-state index in [1.807, 2.05) is 0 Å². The van der Waals surface area contributed by atoms with E-state index in [4.69, 9.17) is 9.47 Å². The molecule has 1 aliphatic heterocycles. The van der Waals surface area contributed by atoms with Crippen molar-refractivity contribution < 1.29 is 14.3 Å². The Labute approximate surface area is 117 Å². The Balaban J connectivity index is 2.03. The quantitative estimate of drug-likeness (QED) is 0.860. The minimum Gasteiger partial charge on any atom is -0.461 e. The highest BCUT2D eigenvalue weighted by Gasteiger charge is 2.28. The van der Waals surface area contributed by atoms with Crippen LogP contribution in [0.1, 0.15) is 48.8 Å². The van der Waals surface area contributed by atoms with Gasteiger partial charge in [-0.3, -0.25) is 5.32 Å². The number of nitrogens with one attached hydrogen (secondary N) is 1. The maximum Gasteiger partial charge on any atom is 0.357 e. The second-order valence-electron chi connectivity index (χ2n) is 4.88. The van der Waals surface area contributed by atoms with Gasteiger partial charge in [0.05, 0.1) is 13.3 Å². The van der Waals surface area contributed by atoms with Crippen LogP contribution in [0.3, 0.4) is 0 Å². The molecule has 0 aliphatic carbocycles. The van der Waals surface area contributed by atoms with Crippen LogP contribution in [-0.4, -0.2) is 30.3 Å². The summed E-state index contributed by atoms with van der Waals surface area (Å²) in [6, 6.07) is 0.425. The number of nitrogens with zero attached hydrogens (tertiary/aromatic N) is 1. The third-order valence-electron chi connectivity index (χ3n) is 3.18. The molecule has 2 rings (SSSR count). The van der Waals surface area contributed by atoms with Crippen molar-refractivity contribution in [1.82, 2.24) is 10.3 Å². The molecule has 0 bridgehead atoms. The van der Waals surface area contributed by atoms with Gasteiger partial charge in [-0.05, 0) is 19.3 Å². The molecule has 1 aliphatic rings. The lowest BCUT2D eigenvalue weighted by Crippen LogP contribution is -2.42. The summed E-state index contributed by atoms with van der Waals surface area (Å²) in [5, 5.41) is 5.93. The number of ether oxygens (including phenoxy) is 2. The van der Waals surface area contributed by atoms with Crippen LogP contribution in [0.15, 0.2) is 5.38 Å². The van der Waals surface area contributed by atoms with Crippen molar-refractivity contribution >= 4 is 17.3 Å². The second kappa shape index (κ2) is 6.45. The topological polar surface area (TPSA) is 60.5 Å². The van der Waals surface area contributed by atoms with Crippen molar-refractivity contribution in [2.45, 2.75) is 39.3 Å². The molecule has 0 aromatic carbocycles. The van der Waals surface area contributed by atoms with E-state index in [0.717, 1.165) is 11.4 Å². The second-order valence-corrected chi connectivity index (χ2v) is 5.77. The van der Waals surface area contributed by atoms with E-state index in [9.17, 15) is 4.79 Å². The number of thiazole rings is 1. The monoisotopic (exact) mass is 284 g/mol. The molecule has 1 fully saturated rings. The Morgan fingerprint density at radius 2 is 2.47 bits per heavy atom. The summed E-state index contributed by atoms with van der Waals surface area (Å²) < 4.78 is 10.6. The van der Waals surface area contributed by atoms with Crippen molar-refractivity contribution in [2.75, 3.05) is 13.3 Å². The van der Waals surface area contributed by atoms with Gasteiger partial charge in [0.2, 0.25) is 0 Å². The lowest BCUT2D eigenvalue weighted by Gasteiger charge is -2.31. The van der Waals surface area contributed by atoms with Gasteiger partial charge in [0.25, 0.3) is 0 Å². The van der Waals surface area contributed by atoms with Gasteiger partial charge < -0.3 is 9.47 Å². The maximum atomic E-state index is 11.6. The molecule has 2 atom stereocenters. The number of carbonyl (C=O) groups excluding carboxylic acids is 1. The largest absolute Gasteiger partial charge is 0.461 e. The molecule has 0 amide bonds. The van der Waals surface area contributed by atoms with Gasteiger partial charge in [-0.25, -0.2) is 9.78 Å². The van der Waals surface area contributed by atoms with Gasteiger partial charge in [-0.1, -0.05) is 13.8 Å². The molecule has 0 radical (unpaired) electrons.